The highest BCUT2D eigenvalue weighted by molar-refractivity contribution is 5.87. The van der Waals surface area contributed by atoms with Crippen LogP contribution < -0.4 is 21.7 Å². The van der Waals surface area contributed by atoms with Gasteiger partial charge in [-0.3, -0.25) is 14.4 Å². The minimum atomic E-state index is -0.674. The Balaban J connectivity index is 1.90. The summed E-state index contributed by atoms with van der Waals surface area (Å²) in [5.41, 5.74) is 7.30. The first-order valence-corrected chi connectivity index (χ1v) is 11.4. The van der Waals surface area contributed by atoms with E-state index in [-0.39, 0.29) is 17.7 Å². The van der Waals surface area contributed by atoms with Crippen LogP contribution in [0, 0.1) is 0 Å². The standard InChI is InChI=1S/C23H36N4O5/c24-19-9-7-18(8-10-19)17-20-23(30)26-12-14-32-16-15-31-13-11-25-21(28)5-3-1-2-4-6-22(29)27-20/h7-10,20H,1-6,11-17,24H2,(H,25,28)(H,26,30)(H,27,29)/t20-/m1/s1. The second kappa shape index (κ2) is 15.2. The molecule has 1 aliphatic rings. The topological polar surface area (TPSA) is 132 Å². The smallest absolute Gasteiger partial charge is 0.243 e. The lowest BCUT2D eigenvalue weighted by Crippen LogP contribution is -2.48. The molecule has 0 spiro atoms. The predicted octanol–water partition coefficient (Wildman–Crippen LogP) is 0.916. The van der Waals surface area contributed by atoms with E-state index < -0.39 is 6.04 Å². The minimum Gasteiger partial charge on any atom is -0.399 e. The maximum atomic E-state index is 12.7. The SMILES string of the molecule is Nc1ccc(C[C@H]2NC(=O)CCCCCCC(=O)NCCOCCOCCNC2=O)cc1. The highest BCUT2D eigenvalue weighted by Crippen LogP contribution is 2.10. The molecule has 1 aromatic carbocycles. The highest BCUT2D eigenvalue weighted by atomic mass is 16.5. The minimum absolute atomic E-state index is 0.0172. The molecule has 1 aromatic rings. The number of amides is 3. The number of nitrogens with one attached hydrogen (secondary N) is 3. The van der Waals surface area contributed by atoms with Crippen molar-refractivity contribution in [3.8, 4) is 0 Å². The van der Waals surface area contributed by atoms with Gasteiger partial charge in [-0.05, 0) is 30.5 Å². The van der Waals surface area contributed by atoms with E-state index >= 15 is 0 Å². The molecule has 2 rings (SSSR count). The van der Waals surface area contributed by atoms with Crippen LogP contribution in [-0.4, -0.2) is 63.3 Å². The summed E-state index contributed by atoms with van der Waals surface area (Å²) < 4.78 is 10.9. The number of carbonyl (C=O) groups excluding carboxylic acids is 3. The molecule has 0 bridgehead atoms. The Morgan fingerprint density at radius 1 is 0.781 bits per heavy atom. The second-order valence-corrected chi connectivity index (χ2v) is 7.85. The molecule has 1 aliphatic heterocycles. The normalized spacial score (nSPS) is 21.5. The summed E-state index contributed by atoms with van der Waals surface area (Å²) in [6, 6.07) is 6.59. The molecule has 1 atom stereocenters. The summed E-state index contributed by atoms with van der Waals surface area (Å²) in [5.74, 6) is -0.383. The number of hydrogen-bond donors (Lipinski definition) is 4. The van der Waals surface area contributed by atoms with E-state index in [1.54, 1.807) is 12.1 Å². The molecule has 1 heterocycles. The molecule has 3 amide bonds. The Bertz CT molecular complexity index is 711. The van der Waals surface area contributed by atoms with E-state index in [0.717, 1.165) is 24.8 Å². The van der Waals surface area contributed by atoms with E-state index in [1.807, 2.05) is 12.1 Å². The van der Waals surface area contributed by atoms with Gasteiger partial charge < -0.3 is 31.2 Å². The molecule has 0 aliphatic carbocycles. The number of ether oxygens (including phenoxy) is 2. The highest BCUT2D eigenvalue weighted by Gasteiger charge is 2.21. The molecule has 0 radical (unpaired) electrons. The lowest BCUT2D eigenvalue weighted by molar-refractivity contribution is -0.129. The van der Waals surface area contributed by atoms with Gasteiger partial charge in [-0.2, -0.15) is 0 Å². The molecular formula is C23H36N4O5. The zero-order chi connectivity index (χ0) is 23.0. The zero-order valence-electron chi connectivity index (χ0n) is 18.7. The van der Waals surface area contributed by atoms with Crippen LogP contribution in [0.25, 0.3) is 0 Å². The first-order valence-electron chi connectivity index (χ1n) is 11.4. The summed E-state index contributed by atoms with van der Waals surface area (Å²) in [5, 5.41) is 8.52. The van der Waals surface area contributed by atoms with Gasteiger partial charge in [0.15, 0.2) is 0 Å². The number of nitrogen functional groups attached to an aromatic ring is 1. The van der Waals surface area contributed by atoms with Crippen molar-refractivity contribution in [2.75, 3.05) is 45.3 Å². The lowest BCUT2D eigenvalue weighted by Gasteiger charge is -2.19. The van der Waals surface area contributed by atoms with Crippen molar-refractivity contribution in [2.45, 2.75) is 51.0 Å². The number of hydrogen-bond acceptors (Lipinski definition) is 6. The number of rotatable bonds is 2. The maximum Gasteiger partial charge on any atom is 0.243 e. The third kappa shape index (κ3) is 11.1. The average Bonchev–Trinajstić information content (AvgIpc) is 2.77. The predicted molar refractivity (Wildman–Crippen MR) is 122 cm³/mol. The molecule has 178 valence electrons. The number of benzene rings is 1. The maximum absolute atomic E-state index is 12.7. The van der Waals surface area contributed by atoms with Crippen LogP contribution in [0.3, 0.4) is 0 Å². The summed E-state index contributed by atoms with van der Waals surface area (Å²) in [4.78, 5) is 36.9. The van der Waals surface area contributed by atoms with Gasteiger partial charge in [-0.25, -0.2) is 0 Å². The monoisotopic (exact) mass is 448 g/mol. The zero-order valence-corrected chi connectivity index (χ0v) is 18.7. The third-order valence-corrected chi connectivity index (χ3v) is 5.12. The Morgan fingerprint density at radius 3 is 2.03 bits per heavy atom. The van der Waals surface area contributed by atoms with Gasteiger partial charge in [0.05, 0.1) is 26.4 Å². The fourth-order valence-corrected chi connectivity index (χ4v) is 3.33. The van der Waals surface area contributed by atoms with Crippen LogP contribution in [0.15, 0.2) is 24.3 Å². The Morgan fingerprint density at radius 2 is 1.38 bits per heavy atom. The molecule has 0 saturated carbocycles. The van der Waals surface area contributed by atoms with E-state index in [9.17, 15) is 14.4 Å². The Labute approximate surface area is 189 Å². The summed E-state index contributed by atoms with van der Waals surface area (Å²) in [6.07, 6.45) is 4.43. The van der Waals surface area contributed by atoms with Crippen LogP contribution in [0.1, 0.15) is 44.1 Å². The molecule has 9 nitrogen and oxygen atoms in total. The molecule has 0 unspecified atom stereocenters. The van der Waals surface area contributed by atoms with Crippen molar-refractivity contribution in [1.82, 2.24) is 16.0 Å². The third-order valence-electron chi connectivity index (χ3n) is 5.12. The molecular weight excluding hydrogens is 412 g/mol. The van der Waals surface area contributed by atoms with E-state index in [1.165, 1.54) is 0 Å². The van der Waals surface area contributed by atoms with Gasteiger partial charge >= 0.3 is 0 Å². The first-order chi connectivity index (χ1) is 15.5. The van der Waals surface area contributed by atoms with Crippen molar-refractivity contribution >= 4 is 23.4 Å². The molecule has 0 aromatic heterocycles. The van der Waals surface area contributed by atoms with Crippen molar-refractivity contribution in [1.29, 1.82) is 0 Å². The molecule has 1 saturated heterocycles. The largest absolute Gasteiger partial charge is 0.399 e. The second-order valence-electron chi connectivity index (χ2n) is 7.85. The van der Waals surface area contributed by atoms with Crippen LogP contribution in [0.5, 0.6) is 0 Å². The fourth-order valence-electron chi connectivity index (χ4n) is 3.33. The van der Waals surface area contributed by atoms with E-state index in [0.29, 0.717) is 70.9 Å². The molecule has 32 heavy (non-hydrogen) atoms. The van der Waals surface area contributed by atoms with Gasteiger partial charge in [-0.15, -0.1) is 0 Å². The Kier molecular flexibility index (Phi) is 12.2. The van der Waals surface area contributed by atoms with Crippen molar-refractivity contribution < 1.29 is 23.9 Å². The fraction of sp³-hybridized carbons (Fsp3) is 0.609. The average molecular weight is 449 g/mol. The van der Waals surface area contributed by atoms with E-state index in [2.05, 4.69) is 16.0 Å². The Hall–Kier alpha value is -2.65. The summed E-state index contributed by atoms with van der Waals surface area (Å²) >= 11 is 0. The number of nitrogens with two attached hydrogens (primary N) is 1. The van der Waals surface area contributed by atoms with Crippen molar-refractivity contribution in [3.63, 3.8) is 0 Å². The van der Waals surface area contributed by atoms with Gasteiger partial charge in [0.1, 0.15) is 6.04 Å². The van der Waals surface area contributed by atoms with Crippen LogP contribution in [-0.2, 0) is 30.3 Å². The molecule has 9 heteroatoms. The van der Waals surface area contributed by atoms with Crippen molar-refractivity contribution in [3.05, 3.63) is 29.8 Å². The quantitative estimate of drug-likeness (QED) is 0.498. The van der Waals surface area contributed by atoms with Gasteiger partial charge in [0.25, 0.3) is 0 Å². The summed E-state index contributed by atoms with van der Waals surface area (Å²) in [7, 11) is 0. The van der Waals surface area contributed by atoms with Gasteiger partial charge in [-0.1, -0.05) is 25.0 Å². The van der Waals surface area contributed by atoms with Crippen LogP contribution >= 0.6 is 0 Å². The number of carbonyl (C=O) groups is 3. The summed E-state index contributed by atoms with van der Waals surface area (Å²) in [6.45, 7) is 2.41. The van der Waals surface area contributed by atoms with Crippen LogP contribution in [0.4, 0.5) is 5.69 Å². The van der Waals surface area contributed by atoms with Gasteiger partial charge in [0, 0.05) is 38.0 Å². The van der Waals surface area contributed by atoms with Crippen LogP contribution in [0.2, 0.25) is 0 Å². The molecule has 1 fully saturated rings. The van der Waals surface area contributed by atoms with E-state index in [4.69, 9.17) is 15.2 Å². The first kappa shape index (κ1) is 25.6. The number of anilines is 1. The van der Waals surface area contributed by atoms with Crippen molar-refractivity contribution in [2.24, 2.45) is 0 Å². The lowest BCUT2D eigenvalue weighted by atomic mass is 10.0. The molecule has 5 N–H and O–H groups in total. The van der Waals surface area contributed by atoms with Gasteiger partial charge in [0.2, 0.25) is 17.7 Å².